The quantitative estimate of drug-likeness (QED) is 0.681. The minimum absolute atomic E-state index is 0.0374. The number of rotatable bonds is 5. The fraction of sp³-hybridized carbons (Fsp3) is 0. The molecule has 0 radical (unpaired) electrons. The number of benzene rings is 3. The van der Waals surface area contributed by atoms with Gasteiger partial charge < -0.3 is 9.84 Å². The normalized spacial score (nSPS) is 11.1. The lowest BCUT2D eigenvalue weighted by atomic mass is 10.3. The third-order valence-corrected chi connectivity index (χ3v) is 4.99. The summed E-state index contributed by atoms with van der Waals surface area (Å²) in [6.07, 6.45) is 0. The maximum absolute atomic E-state index is 12.5. The van der Waals surface area contributed by atoms with Crippen molar-refractivity contribution in [2.24, 2.45) is 0 Å². The average Bonchev–Trinajstić information content (AvgIpc) is 2.59. The second-order valence-electron chi connectivity index (χ2n) is 5.16. The Hall–Kier alpha value is -2.70. The molecule has 0 heterocycles. The Morgan fingerprint density at radius 2 is 1.60 bits per heavy atom. The van der Waals surface area contributed by atoms with Crippen LogP contribution in [0.15, 0.2) is 77.7 Å². The predicted molar refractivity (Wildman–Crippen MR) is 96.9 cm³/mol. The van der Waals surface area contributed by atoms with Gasteiger partial charge in [0, 0.05) is 12.1 Å². The number of hydrogen-bond donors (Lipinski definition) is 2. The number of ether oxygens (including phenoxy) is 1. The second kappa shape index (κ2) is 7.04. The van der Waals surface area contributed by atoms with E-state index >= 15 is 0 Å². The van der Waals surface area contributed by atoms with Crippen LogP contribution in [0.3, 0.4) is 0 Å². The van der Waals surface area contributed by atoms with Crippen LogP contribution in [0.4, 0.5) is 5.69 Å². The van der Waals surface area contributed by atoms with Gasteiger partial charge in [0.05, 0.1) is 15.6 Å². The first-order valence-corrected chi connectivity index (χ1v) is 9.14. The number of hydrogen-bond acceptors (Lipinski definition) is 4. The van der Waals surface area contributed by atoms with Gasteiger partial charge in [-0.3, -0.25) is 4.72 Å². The SMILES string of the molecule is O=S(=O)(Nc1ccc(Cl)c(O)c1)c1cccc(Oc2ccccc2)c1. The number of aromatic hydroxyl groups is 1. The van der Waals surface area contributed by atoms with E-state index in [0.29, 0.717) is 11.5 Å². The van der Waals surface area contributed by atoms with Crippen LogP contribution in [0.25, 0.3) is 0 Å². The molecule has 2 N–H and O–H groups in total. The Morgan fingerprint density at radius 3 is 2.32 bits per heavy atom. The topological polar surface area (TPSA) is 75.6 Å². The molecule has 0 atom stereocenters. The van der Waals surface area contributed by atoms with Crippen molar-refractivity contribution in [1.82, 2.24) is 0 Å². The minimum Gasteiger partial charge on any atom is -0.506 e. The molecule has 0 spiro atoms. The van der Waals surface area contributed by atoms with E-state index < -0.39 is 10.0 Å². The number of phenolic OH excluding ortho intramolecular Hbond substituents is 1. The van der Waals surface area contributed by atoms with Crippen LogP contribution in [-0.2, 0) is 10.0 Å². The smallest absolute Gasteiger partial charge is 0.262 e. The lowest BCUT2D eigenvalue weighted by Crippen LogP contribution is -2.12. The third-order valence-electron chi connectivity index (χ3n) is 3.29. The van der Waals surface area contributed by atoms with Gasteiger partial charge in [0.15, 0.2) is 0 Å². The first-order valence-electron chi connectivity index (χ1n) is 7.28. The maximum atomic E-state index is 12.5. The zero-order valence-corrected chi connectivity index (χ0v) is 14.5. The first kappa shape index (κ1) is 17.1. The van der Waals surface area contributed by atoms with Crippen molar-refractivity contribution < 1.29 is 18.3 Å². The van der Waals surface area contributed by atoms with Crippen LogP contribution in [0.2, 0.25) is 5.02 Å². The molecule has 0 fully saturated rings. The molecule has 3 aromatic carbocycles. The molecule has 3 aromatic rings. The van der Waals surface area contributed by atoms with Crippen LogP contribution in [0, 0.1) is 0 Å². The summed E-state index contributed by atoms with van der Waals surface area (Å²) >= 11 is 5.72. The minimum atomic E-state index is -3.84. The molecule has 25 heavy (non-hydrogen) atoms. The lowest BCUT2D eigenvalue weighted by molar-refractivity contribution is 0.476. The zero-order valence-electron chi connectivity index (χ0n) is 12.9. The number of anilines is 1. The van der Waals surface area contributed by atoms with Crippen LogP contribution in [-0.4, -0.2) is 13.5 Å². The predicted octanol–water partition coefficient (Wildman–Crippen LogP) is 4.64. The molecule has 0 aliphatic carbocycles. The van der Waals surface area contributed by atoms with E-state index in [0.717, 1.165) is 0 Å². The molecule has 0 saturated heterocycles. The fourth-order valence-corrected chi connectivity index (χ4v) is 3.32. The number of para-hydroxylation sites is 1. The Labute approximate surface area is 150 Å². The van der Waals surface area contributed by atoms with Gasteiger partial charge in [0.25, 0.3) is 10.0 Å². The van der Waals surface area contributed by atoms with Crippen molar-refractivity contribution in [2.45, 2.75) is 4.90 Å². The monoisotopic (exact) mass is 375 g/mol. The average molecular weight is 376 g/mol. The molecule has 0 bridgehead atoms. The van der Waals surface area contributed by atoms with Crippen molar-refractivity contribution >= 4 is 27.3 Å². The molecule has 3 rings (SSSR count). The molecule has 128 valence electrons. The summed E-state index contributed by atoms with van der Waals surface area (Å²) in [4.78, 5) is 0.0374. The third kappa shape index (κ3) is 4.23. The Bertz CT molecular complexity index is 991. The largest absolute Gasteiger partial charge is 0.506 e. The number of halogens is 1. The van der Waals surface area contributed by atoms with E-state index in [1.54, 1.807) is 24.3 Å². The summed E-state index contributed by atoms with van der Waals surface area (Å²) < 4.78 is 33.1. The van der Waals surface area contributed by atoms with Crippen molar-refractivity contribution in [3.63, 3.8) is 0 Å². The summed E-state index contributed by atoms with van der Waals surface area (Å²) in [6, 6.07) is 19.3. The van der Waals surface area contributed by atoms with E-state index in [1.165, 1.54) is 30.3 Å². The molecule has 0 amide bonds. The van der Waals surface area contributed by atoms with Crippen LogP contribution in [0.5, 0.6) is 17.2 Å². The van der Waals surface area contributed by atoms with E-state index in [4.69, 9.17) is 16.3 Å². The van der Waals surface area contributed by atoms with E-state index in [1.807, 2.05) is 18.2 Å². The highest BCUT2D eigenvalue weighted by atomic mass is 35.5. The highest BCUT2D eigenvalue weighted by Gasteiger charge is 2.16. The lowest BCUT2D eigenvalue weighted by Gasteiger charge is -2.11. The van der Waals surface area contributed by atoms with Gasteiger partial charge in [-0.15, -0.1) is 0 Å². The Kier molecular flexibility index (Phi) is 4.83. The van der Waals surface area contributed by atoms with E-state index in [9.17, 15) is 13.5 Å². The molecule has 0 aliphatic rings. The van der Waals surface area contributed by atoms with Crippen molar-refractivity contribution in [3.8, 4) is 17.2 Å². The fourth-order valence-electron chi connectivity index (χ4n) is 2.12. The van der Waals surface area contributed by atoms with Crippen molar-refractivity contribution in [1.29, 1.82) is 0 Å². The van der Waals surface area contributed by atoms with Crippen molar-refractivity contribution in [3.05, 3.63) is 77.8 Å². The highest BCUT2D eigenvalue weighted by molar-refractivity contribution is 7.92. The Morgan fingerprint density at radius 1 is 0.880 bits per heavy atom. The van der Waals surface area contributed by atoms with Gasteiger partial charge in [-0.1, -0.05) is 35.9 Å². The maximum Gasteiger partial charge on any atom is 0.262 e. The van der Waals surface area contributed by atoms with Gasteiger partial charge in [-0.2, -0.15) is 0 Å². The summed E-state index contributed by atoms with van der Waals surface area (Å²) in [5, 5.41) is 9.73. The molecular weight excluding hydrogens is 362 g/mol. The van der Waals surface area contributed by atoms with Gasteiger partial charge in [-0.05, 0) is 36.4 Å². The van der Waals surface area contributed by atoms with Gasteiger partial charge in [0.2, 0.25) is 0 Å². The van der Waals surface area contributed by atoms with Crippen LogP contribution in [0.1, 0.15) is 0 Å². The van der Waals surface area contributed by atoms with Crippen molar-refractivity contribution in [2.75, 3.05) is 4.72 Å². The second-order valence-corrected chi connectivity index (χ2v) is 7.25. The zero-order chi connectivity index (χ0) is 17.9. The molecular formula is C18H14ClNO4S. The summed E-state index contributed by atoms with van der Waals surface area (Å²) in [5.41, 5.74) is 0.205. The van der Waals surface area contributed by atoms with Gasteiger partial charge >= 0.3 is 0 Å². The first-order chi connectivity index (χ1) is 11.9. The summed E-state index contributed by atoms with van der Waals surface area (Å²) in [6.45, 7) is 0. The van der Waals surface area contributed by atoms with E-state index in [-0.39, 0.29) is 21.4 Å². The molecule has 7 heteroatoms. The van der Waals surface area contributed by atoms with Gasteiger partial charge in [0.1, 0.15) is 17.2 Å². The van der Waals surface area contributed by atoms with E-state index in [2.05, 4.69) is 4.72 Å². The van der Waals surface area contributed by atoms with Crippen LogP contribution < -0.4 is 9.46 Å². The standard InChI is InChI=1S/C18H14ClNO4S/c19-17-10-9-13(11-18(17)21)20-25(22,23)16-8-4-7-15(12-16)24-14-5-2-1-3-6-14/h1-12,20-21H. The molecule has 0 unspecified atom stereocenters. The van der Waals surface area contributed by atoms with Gasteiger partial charge in [-0.25, -0.2) is 8.42 Å². The molecule has 5 nitrogen and oxygen atoms in total. The van der Waals surface area contributed by atoms with Crippen LogP contribution >= 0.6 is 11.6 Å². The molecule has 0 saturated carbocycles. The number of phenols is 1. The summed E-state index contributed by atoms with van der Waals surface area (Å²) in [5.74, 6) is 0.795. The Balaban J connectivity index is 1.84. The molecule has 0 aliphatic heterocycles. The highest BCUT2D eigenvalue weighted by Crippen LogP contribution is 2.29. The number of nitrogens with one attached hydrogen (secondary N) is 1. The number of sulfonamides is 1. The summed E-state index contributed by atoms with van der Waals surface area (Å²) in [7, 11) is -3.84. The molecule has 0 aromatic heterocycles.